The zero-order valence-corrected chi connectivity index (χ0v) is 11.8. The highest BCUT2D eigenvalue weighted by atomic mass is 35.5. The summed E-state index contributed by atoms with van der Waals surface area (Å²) >= 11 is 11.9. The van der Waals surface area contributed by atoms with E-state index in [9.17, 15) is 4.39 Å². The average Bonchev–Trinajstić information content (AvgIpc) is 2.38. The summed E-state index contributed by atoms with van der Waals surface area (Å²) in [6, 6.07) is 9.74. The van der Waals surface area contributed by atoms with Gasteiger partial charge in [-0.25, -0.2) is 4.39 Å². The van der Waals surface area contributed by atoms with Crippen LogP contribution in [0.4, 0.5) is 21.5 Å². The van der Waals surface area contributed by atoms with Crippen molar-refractivity contribution in [2.45, 2.75) is 6.92 Å². The summed E-state index contributed by atoms with van der Waals surface area (Å²) in [5, 5.41) is 0.771. The van der Waals surface area contributed by atoms with Gasteiger partial charge < -0.3 is 10.6 Å². The first-order valence-corrected chi connectivity index (χ1v) is 6.56. The maximum atomic E-state index is 13.9. The number of nitrogen functional groups attached to an aromatic ring is 1. The zero-order chi connectivity index (χ0) is 14.0. The fourth-order valence-corrected chi connectivity index (χ4v) is 2.26. The molecule has 0 aliphatic rings. The molecule has 0 saturated heterocycles. The van der Waals surface area contributed by atoms with E-state index in [1.54, 1.807) is 35.2 Å². The van der Waals surface area contributed by atoms with Crippen molar-refractivity contribution in [1.82, 2.24) is 0 Å². The summed E-state index contributed by atoms with van der Waals surface area (Å²) in [6.45, 7) is 2.47. The molecule has 0 saturated carbocycles. The molecule has 0 unspecified atom stereocenters. The molecule has 2 aromatic rings. The minimum Gasteiger partial charge on any atom is -0.397 e. The van der Waals surface area contributed by atoms with Crippen LogP contribution in [0.25, 0.3) is 0 Å². The fraction of sp³-hybridized carbons (Fsp3) is 0.143. The number of anilines is 3. The second-order valence-electron chi connectivity index (χ2n) is 4.02. The summed E-state index contributed by atoms with van der Waals surface area (Å²) < 4.78 is 13.9. The normalized spacial score (nSPS) is 10.5. The predicted octanol–water partition coefficient (Wildman–Crippen LogP) is 4.87. The van der Waals surface area contributed by atoms with Crippen LogP contribution in [-0.4, -0.2) is 6.54 Å². The molecular formula is C14H13Cl2FN2. The van der Waals surface area contributed by atoms with Crippen LogP contribution in [0.2, 0.25) is 10.0 Å². The number of halogens is 3. The van der Waals surface area contributed by atoms with Crippen LogP contribution in [0.5, 0.6) is 0 Å². The Kier molecular flexibility index (Phi) is 4.17. The monoisotopic (exact) mass is 298 g/mol. The number of benzene rings is 2. The van der Waals surface area contributed by atoms with E-state index in [1.807, 2.05) is 6.92 Å². The first-order chi connectivity index (χ1) is 9.04. The molecule has 2 N–H and O–H groups in total. The molecule has 5 heteroatoms. The van der Waals surface area contributed by atoms with E-state index in [4.69, 9.17) is 28.9 Å². The van der Waals surface area contributed by atoms with Gasteiger partial charge in [0.05, 0.1) is 27.1 Å². The number of nitrogens with two attached hydrogens (primary N) is 1. The minimum absolute atomic E-state index is 0.310. The minimum atomic E-state index is -0.310. The standard InChI is InChI=1S/C14H13Cl2FN2/c1-2-19(13-6-4-3-5-11(13)17)14-8-10(16)9(15)7-12(14)18/h3-8H,2,18H2,1H3. The number of para-hydroxylation sites is 1. The van der Waals surface area contributed by atoms with Crippen molar-refractivity contribution in [1.29, 1.82) is 0 Å². The Labute approximate surface area is 121 Å². The van der Waals surface area contributed by atoms with Crippen molar-refractivity contribution in [3.8, 4) is 0 Å². The van der Waals surface area contributed by atoms with Gasteiger partial charge in [0.25, 0.3) is 0 Å². The second kappa shape index (κ2) is 5.68. The molecule has 2 rings (SSSR count). The lowest BCUT2D eigenvalue weighted by Crippen LogP contribution is -2.18. The third-order valence-electron chi connectivity index (χ3n) is 2.82. The van der Waals surface area contributed by atoms with Gasteiger partial charge >= 0.3 is 0 Å². The van der Waals surface area contributed by atoms with Crippen molar-refractivity contribution >= 4 is 40.3 Å². The van der Waals surface area contributed by atoms with Gasteiger partial charge in [-0.15, -0.1) is 0 Å². The molecule has 0 aliphatic carbocycles. The molecule has 0 amide bonds. The topological polar surface area (TPSA) is 29.3 Å². The van der Waals surface area contributed by atoms with Crippen LogP contribution in [0.15, 0.2) is 36.4 Å². The van der Waals surface area contributed by atoms with E-state index < -0.39 is 0 Å². The maximum absolute atomic E-state index is 13.9. The van der Waals surface area contributed by atoms with Gasteiger partial charge in [0, 0.05) is 6.54 Å². The Morgan fingerprint density at radius 1 is 1.11 bits per heavy atom. The molecule has 100 valence electrons. The molecule has 0 heterocycles. The lowest BCUT2D eigenvalue weighted by Gasteiger charge is -2.25. The van der Waals surface area contributed by atoms with Crippen molar-refractivity contribution in [2.24, 2.45) is 0 Å². The first-order valence-electron chi connectivity index (χ1n) is 5.81. The third kappa shape index (κ3) is 2.77. The van der Waals surface area contributed by atoms with E-state index in [-0.39, 0.29) is 5.82 Å². The fourth-order valence-electron chi connectivity index (χ4n) is 1.93. The van der Waals surface area contributed by atoms with E-state index in [0.29, 0.717) is 33.7 Å². The lowest BCUT2D eigenvalue weighted by atomic mass is 10.2. The molecule has 0 aliphatic heterocycles. The summed E-state index contributed by atoms with van der Waals surface area (Å²) in [4.78, 5) is 1.76. The van der Waals surface area contributed by atoms with Crippen molar-refractivity contribution in [3.63, 3.8) is 0 Å². The maximum Gasteiger partial charge on any atom is 0.146 e. The Morgan fingerprint density at radius 2 is 1.74 bits per heavy atom. The van der Waals surface area contributed by atoms with Crippen LogP contribution in [0.1, 0.15) is 6.92 Å². The molecular weight excluding hydrogens is 286 g/mol. The number of hydrogen-bond acceptors (Lipinski definition) is 2. The van der Waals surface area contributed by atoms with Crippen molar-refractivity contribution < 1.29 is 4.39 Å². The van der Waals surface area contributed by atoms with Gasteiger partial charge in [0.2, 0.25) is 0 Å². The van der Waals surface area contributed by atoms with E-state index in [1.165, 1.54) is 6.07 Å². The van der Waals surface area contributed by atoms with Crippen LogP contribution < -0.4 is 10.6 Å². The molecule has 0 bridgehead atoms. The Bertz CT molecular complexity index is 602. The second-order valence-corrected chi connectivity index (χ2v) is 4.84. The predicted molar refractivity (Wildman–Crippen MR) is 80.0 cm³/mol. The average molecular weight is 299 g/mol. The van der Waals surface area contributed by atoms with Crippen molar-refractivity contribution in [3.05, 3.63) is 52.3 Å². The van der Waals surface area contributed by atoms with Crippen LogP contribution in [0, 0.1) is 5.82 Å². The third-order valence-corrected chi connectivity index (χ3v) is 3.54. The van der Waals surface area contributed by atoms with Gasteiger partial charge in [0.1, 0.15) is 5.82 Å². The van der Waals surface area contributed by atoms with Crippen LogP contribution in [-0.2, 0) is 0 Å². The summed E-state index contributed by atoms with van der Waals surface area (Å²) in [6.07, 6.45) is 0. The number of rotatable bonds is 3. The van der Waals surface area contributed by atoms with E-state index in [0.717, 1.165) is 0 Å². The molecule has 19 heavy (non-hydrogen) atoms. The van der Waals surface area contributed by atoms with Gasteiger partial charge in [-0.05, 0) is 31.2 Å². The number of hydrogen-bond donors (Lipinski definition) is 1. The number of nitrogens with zero attached hydrogens (tertiary/aromatic N) is 1. The molecule has 2 nitrogen and oxygen atoms in total. The Morgan fingerprint density at radius 3 is 2.37 bits per heavy atom. The van der Waals surface area contributed by atoms with Gasteiger partial charge in [-0.3, -0.25) is 0 Å². The van der Waals surface area contributed by atoms with Gasteiger partial charge in [0.15, 0.2) is 0 Å². The summed E-state index contributed by atoms with van der Waals surface area (Å²) in [5.74, 6) is -0.310. The van der Waals surface area contributed by atoms with E-state index >= 15 is 0 Å². The SMILES string of the molecule is CCN(c1cc(Cl)c(Cl)cc1N)c1ccccc1F. The summed E-state index contributed by atoms with van der Waals surface area (Å²) in [5.41, 5.74) is 7.50. The molecule has 2 aromatic carbocycles. The highest BCUT2D eigenvalue weighted by molar-refractivity contribution is 6.42. The molecule has 0 aromatic heterocycles. The van der Waals surface area contributed by atoms with Crippen LogP contribution in [0.3, 0.4) is 0 Å². The zero-order valence-electron chi connectivity index (χ0n) is 10.3. The highest BCUT2D eigenvalue weighted by Crippen LogP contribution is 2.37. The van der Waals surface area contributed by atoms with Crippen molar-refractivity contribution in [2.75, 3.05) is 17.2 Å². The molecule has 0 atom stereocenters. The highest BCUT2D eigenvalue weighted by Gasteiger charge is 2.15. The first kappa shape index (κ1) is 14.0. The van der Waals surface area contributed by atoms with Gasteiger partial charge in [-0.1, -0.05) is 35.3 Å². The molecule has 0 radical (unpaired) electrons. The lowest BCUT2D eigenvalue weighted by molar-refractivity contribution is 0.626. The van der Waals surface area contributed by atoms with Gasteiger partial charge in [-0.2, -0.15) is 0 Å². The largest absolute Gasteiger partial charge is 0.397 e. The Hall–Kier alpha value is -1.45. The van der Waals surface area contributed by atoms with E-state index in [2.05, 4.69) is 0 Å². The summed E-state index contributed by atoms with van der Waals surface area (Å²) in [7, 11) is 0. The molecule has 0 fully saturated rings. The van der Waals surface area contributed by atoms with Crippen LogP contribution >= 0.6 is 23.2 Å². The quantitative estimate of drug-likeness (QED) is 0.819. The smallest absolute Gasteiger partial charge is 0.146 e. The Balaban J connectivity index is 2.55. The molecule has 0 spiro atoms.